The third kappa shape index (κ3) is 3.04. The molecule has 4 N–H and O–H groups in total. The maximum Gasteiger partial charge on any atom is 0.249 e. The summed E-state index contributed by atoms with van der Waals surface area (Å²) in [5.41, 5.74) is 6.49. The van der Waals surface area contributed by atoms with Crippen LogP contribution >= 0.6 is 35.0 Å². The molecule has 2 aromatic rings. The lowest BCUT2D eigenvalue weighted by Gasteiger charge is -2.44. The number of amides is 2. The van der Waals surface area contributed by atoms with Gasteiger partial charge in [-0.25, -0.2) is 0 Å². The van der Waals surface area contributed by atoms with Crippen LogP contribution in [0.4, 0.5) is 0 Å². The van der Waals surface area contributed by atoms with Crippen molar-refractivity contribution in [3.05, 3.63) is 39.6 Å². The molecule has 0 bridgehead atoms. The molecule has 2 fully saturated rings. The summed E-state index contributed by atoms with van der Waals surface area (Å²) in [5, 5.41) is 17.3. The molecule has 0 aliphatic carbocycles. The van der Waals surface area contributed by atoms with E-state index < -0.39 is 18.0 Å². The first-order valence-electron chi connectivity index (χ1n) is 8.45. The molecule has 3 heterocycles. The number of carbonyl (C=O) groups is 2. The van der Waals surface area contributed by atoms with Gasteiger partial charge in [-0.2, -0.15) is 5.21 Å². The van der Waals surface area contributed by atoms with Crippen molar-refractivity contribution in [2.45, 2.75) is 42.1 Å². The highest BCUT2D eigenvalue weighted by molar-refractivity contribution is 8.01. The lowest BCUT2D eigenvalue weighted by atomic mass is 9.95. The van der Waals surface area contributed by atoms with Crippen LogP contribution < -0.4 is 11.1 Å². The lowest BCUT2D eigenvalue weighted by molar-refractivity contribution is -0.152. The number of fused-ring (bicyclic) bond motifs is 1. The van der Waals surface area contributed by atoms with Crippen molar-refractivity contribution in [1.82, 2.24) is 30.8 Å². The first-order chi connectivity index (χ1) is 13.2. The van der Waals surface area contributed by atoms with Gasteiger partial charge in [-0.1, -0.05) is 34.5 Å². The largest absolute Gasteiger partial charge is 0.340 e. The molecule has 2 amide bonds. The third-order valence-corrected chi connectivity index (χ3v) is 7.06. The highest BCUT2D eigenvalue weighted by atomic mass is 35.5. The van der Waals surface area contributed by atoms with Gasteiger partial charge in [0.15, 0.2) is 5.82 Å². The van der Waals surface area contributed by atoms with Crippen molar-refractivity contribution >= 4 is 46.8 Å². The minimum absolute atomic E-state index is 0.208. The van der Waals surface area contributed by atoms with Crippen molar-refractivity contribution in [1.29, 1.82) is 0 Å². The van der Waals surface area contributed by atoms with Crippen molar-refractivity contribution < 1.29 is 9.59 Å². The van der Waals surface area contributed by atoms with E-state index in [1.165, 1.54) is 6.07 Å². The van der Waals surface area contributed by atoms with Gasteiger partial charge in [0.25, 0.3) is 0 Å². The first kappa shape index (κ1) is 19.4. The van der Waals surface area contributed by atoms with E-state index in [-0.39, 0.29) is 22.1 Å². The second kappa shape index (κ2) is 6.87. The Kier molecular flexibility index (Phi) is 4.77. The zero-order chi connectivity index (χ0) is 20.2. The fraction of sp³-hybridized carbons (Fsp3) is 0.438. The molecule has 4 rings (SSSR count). The van der Waals surface area contributed by atoms with E-state index in [2.05, 4.69) is 25.9 Å². The predicted octanol–water partition coefficient (Wildman–Crippen LogP) is 1.43. The number of nitrogens with two attached hydrogens (primary N) is 1. The molecule has 12 heteroatoms. The molecule has 2 aliphatic heterocycles. The molecule has 9 nitrogen and oxygen atoms in total. The quantitative estimate of drug-likeness (QED) is 0.611. The lowest BCUT2D eigenvalue weighted by Crippen LogP contribution is -2.68. The molecule has 28 heavy (non-hydrogen) atoms. The summed E-state index contributed by atoms with van der Waals surface area (Å²) >= 11 is 13.6. The summed E-state index contributed by atoms with van der Waals surface area (Å²) in [6.07, 6.45) is 0. The number of tetrazole rings is 1. The Morgan fingerprint density at radius 1 is 1.43 bits per heavy atom. The number of thioether (sulfide) groups is 1. The third-order valence-electron chi connectivity index (χ3n) is 4.93. The molecule has 3 unspecified atom stereocenters. The number of rotatable bonds is 4. The van der Waals surface area contributed by atoms with Crippen LogP contribution in [0.5, 0.6) is 0 Å². The van der Waals surface area contributed by atoms with Crippen molar-refractivity contribution in [3.63, 3.8) is 0 Å². The number of H-pyrrole nitrogens is 1. The molecule has 2 aliphatic rings. The Bertz CT molecular complexity index is 939. The van der Waals surface area contributed by atoms with Crippen LogP contribution in [0.2, 0.25) is 10.0 Å². The van der Waals surface area contributed by atoms with Crippen LogP contribution in [0.25, 0.3) is 0 Å². The number of hydrogen-bond donors (Lipinski definition) is 3. The molecule has 0 spiro atoms. The number of aromatic nitrogens is 4. The number of halogens is 2. The molecular weight excluding hydrogens is 425 g/mol. The minimum Gasteiger partial charge on any atom is -0.340 e. The topological polar surface area (TPSA) is 130 Å². The van der Waals surface area contributed by atoms with E-state index in [4.69, 9.17) is 28.9 Å². The monoisotopic (exact) mass is 441 g/mol. The van der Waals surface area contributed by atoms with Gasteiger partial charge >= 0.3 is 0 Å². The van der Waals surface area contributed by atoms with Crippen LogP contribution in [0.3, 0.4) is 0 Å². The first-order valence-corrected chi connectivity index (χ1v) is 10.1. The minimum atomic E-state index is -1.01. The second-order valence-electron chi connectivity index (χ2n) is 7.16. The number of nitrogens with zero attached hydrogens (tertiary/aromatic N) is 4. The van der Waals surface area contributed by atoms with E-state index in [1.807, 2.05) is 13.8 Å². The van der Waals surface area contributed by atoms with Crippen LogP contribution in [0.1, 0.15) is 37.3 Å². The van der Waals surface area contributed by atoms with Crippen LogP contribution in [-0.2, 0) is 9.59 Å². The van der Waals surface area contributed by atoms with Crippen LogP contribution in [0.15, 0.2) is 18.2 Å². The zero-order valence-corrected chi connectivity index (χ0v) is 17.2. The Morgan fingerprint density at radius 3 is 2.82 bits per heavy atom. The summed E-state index contributed by atoms with van der Waals surface area (Å²) in [6, 6.07) is 2.71. The van der Waals surface area contributed by atoms with Crippen molar-refractivity contribution in [2.24, 2.45) is 5.73 Å². The van der Waals surface area contributed by atoms with E-state index in [9.17, 15) is 9.59 Å². The standard InChI is InChI=1S/C16H17Cl2N7O2S/c1-16(2)11(12-21-23-24-22-12)25-14(27)10(15(25)28-16)20-13(26)9(19)7-4-3-6(17)5-8(7)18/h3-5,9-11,15H,19H2,1-2H3,(H,20,26)(H,21,22,23,24)/t9?,10?,11?,15-/m0/s1. The van der Waals surface area contributed by atoms with E-state index in [0.29, 0.717) is 21.4 Å². The van der Waals surface area contributed by atoms with Gasteiger partial charge in [-0.3, -0.25) is 9.59 Å². The number of β-lactam (4-membered cyclic amide) rings is 1. The molecule has 0 saturated carbocycles. The summed E-state index contributed by atoms with van der Waals surface area (Å²) in [4.78, 5) is 27.1. The van der Waals surface area contributed by atoms with Gasteiger partial charge in [0.2, 0.25) is 11.8 Å². The molecule has 1 aromatic heterocycles. The van der Waals surface area contributed by atoms with E-state index in [0.717, 1.165) is 0 Å². The fourth-order valence-electron chi connectivity index (χ4n) is 3.59. The average molecular weight is 442 g/mol. The van der Waals surface area contributed by atoms with Gasteiger partial charge in [0.1, 0.15) is 23.5 Å². The van der Waals surface area contributed by atoms with Gasteiger partial charge in [-0.05, 0) is 31.5 Å². The van der Waals surface area contributed by atoms with E-state index >= 15 is 0 Å². The Labute approximate surface area is 174 Å². The van der Waals surface area contributed by atoms with Crippen molar-refractivity contribution in [3.8, 4) is 0 Å². The molecule has 2 saturated heterocycles. The predicted molar refractivity (Wildman–Crippen MR) is 105 cm³/mol. The Balaban J connectivity index is 1.50. The fourth-order valence-corrected chi connectivity index (χ4v) is 5.74. The van der Waals surface area contributed by atoms with Gasteiger partial charge in [0.05, 0.1) is 0 Å². The highest BCUT2D eigenvalue weighted by Crippen LogP contribution is 2.56. The number of benzene rings is 1. The number of hydrogen-bond acceptors (Lipinski definition) is 7. The smallest absolute Gasteiger partial charge is 0.249 e. The van der Waals surface area contributed by atoms with Gasteiger partial charge in [0, 0.05) is 14.8 Å². The summed E-state index contributed by atoms with van der Waals surface area (Å²) < 4.78 is -0.342. The Morgan fingerprint density at radius 2 is 2.18 bits per heavy atom. The molecule has 0 radical (unpaired) electrons. The molecule has 4 atom stereocenters. The van der Waals surface area contributed by atoms with Gasteiger partial charge in [-0.15, -0.1) is 22.0 Å². The van der Waals surface area contributed by atoms with Crippen LogP contribution in [-0.4, -0.2) is 53.5 Å². The summed E-state index contributed by atoms with van der Waals surface area (Å²) in [6.45, 7) is 4.00. The van der Waals surface area contributed by atoms with Crippen LogP contribution in [0, 0.1) is 0 Å². The van der Waals surface area contributed by atoms with Gasteiger partial charge < -0.3 is 16.0 Å². The maximum atomic E-state index is 12.8. The molecule has 1 aromatic carbocycles. The maximum absolute atomic E-state index is 12.8. The summed E-state index contributed by atoms with van der Waals surface area (Å²) in [7, 11) is 0. The summed E-state index contributed by atoms with van der Waals surface area (Å²) in [5.74, 6) is -0.243. The second-order valence-corrected chi connectivity index (χ2v) is 9.77. The normalized spacial score (nSPS) is 26.5. The van der Waals surface area contributed by atoms with Crippen molar-refractivity contribution in [2.75, 3.05) is 0 Å². The highest BCUT2D eigenvalue weighted by Gasteiger charge is 2.63. The molecule has 148 valence electrons. The number of carbonyl (C=O) groups excluding carboxylic acids is 2. The SMILES string of the molecule is CC1(C)S[C@H]2C(NC(=O)C(N)c3ccc(Cl)cc3Cl)C(=O)N2C1c1nn[nH]n1. The average Bonchev–Trinajstić information content (AvgIpc) is 3.23. The number of aromatic amines is 1. The number of nitrogens with one attached hydrogen (secondary N) is 2. The Hall–Kier alpha value is -1.88. The zero-order valence-electron chi connectivity index (χ0n) is 14.9. The van der Waals surface area contributed by atoms with E-state index in [1.54, 1.807) is 28.8 Å². The molecular formula is C16H17Cl2N7O2S.